The zero-order chi connectivity index (χ0) is 13.5. The molecule has 0 aromatic heterocycles. The molecule has 168 valence electrons. The van der Waals surface area contributed by atoms with E-state index in [0.29, 0.717) is 0 Å². The van der Waals surface area contributed by atoms with Gasteiger partial charge in [-0.25, -0.2) is 0 Å². The molecule has 0 aromatic rings. The van der Waals surface area contributed by atoms with E-state index in [0.717, 1.165) is 0 Å². The van der Waals surface area contributed by atoms with E-state index >= 15 is 0 Å². The molecule has 0 bridgehead atoms. The van der Waals surface area contributed by atoms with Crippen molar-refractivity contribution in [3.8, 4) is 0 Å². The number of hydrogen-bond acceptors (Lipinski definition) is 12. The molecular formula is H18In2O21S3. The minimum Gasteiger partial charge on any atom is -0.759 e. The fourth-order valence-electron chi connectivity index (χ4n) is 0. The second-order valence-electron chi connectivity index (χ2n) is 1.22. The second-order valence-corrected chi connectivity index (χ2v) is 3.67. The molecule has 0 heterocycles. The van der Waals surface area contributed by atoms with Crippen molar-refractivity contribution >= 4 is 82.9 Å². The SMILES string of the molecule is O.O.O.O.O.O.O.O.O.O=S(=O)([O-])[O-].O=S(=O)([O-])[O-].O=S(=O)([O-])[O-].[In+3].[In+3]. The van der Waals surface area contributed by atoms with Crippen molar-refractivity contribution in [2.45, 2.75) is 0 Å². The minimum atomic E-state index is -5.17. The van der Waals surface area contributed by atoms with Gasteiger partial charge in [-0.15, -0.1) is 0 Å². The van der Waals surface area contributed by atoms with Gasteiger partial charge in [-0.2, -0.15) is 0 Å². The third-order valence-corrected chi connectivity index (χ3v) is 0. The predicted octanol–water partition coefficient (Wildman–Crippen LogP) is -12.2. The zero-order valence-corrected chi connectivity index (χ0v) is 20.8. The van der Waals surface area contributed by atoms with Crippen LogP contribution in [0.1, 0.15) is 0 Å². The topological polar surface area (TPSA) is 524 Å². The van der Waals surface area contributed by atoms with Crippen LogP contribution in [0.2, 0.25) is 0 Å². The van der Waals surface area contributed by atoms with E-state index in [-0.39, 0.29) is 101 Å². The van der Waals surface area contributed by atoms with Crippen LogP contribution in [0, 0.1) is 0 Å². The van der Waals surface area contributed by atoms with Crippen molar-refractivity contribution in [2.75, 3.05) is 0 Å². The molecule has 0 radical (unpaired) electrons. The van der Waals surface area contributed by atoms with Gasteiger partial charge in [-0.3, -0.25) is 25.3 Å². The molecular weight excluding hydrogens is 662 g/mol. The first-order valence-electron chi connectivity index (χ1n) is 2.00. The van der Waals surface area contributed by atoms with Crippen LogP contribution in [0.3, 0.4) is 0 Å². The van der Waals surface area contributed by atoms with Gasteiger partial charge < -0.3 is 76.6 Å². The summed E-state index contributed by atoms with van der Waals surface area (Å²) in [5.41, 5.74) is 0. The van der Waals surface area contributed by atoms with Crippen molar-refractivity contribution in [2.24, 2.45) is 0 Å². The maximum Gasteiger partial charge on any atom is 3.00 e. The first-order chi connectivity index (χ1) is 6.00. The summed E-state index contributed by atoms with van der Waals surface area (Å²) in [6.45, 7) is 0. The molecule has 0 aliphatic heterocycles. The predicted molar refractivity (Wildman–Crippen MR) is 75.5 cm³/mol. The fourth-order valence-corrected chi connectivity index (χ4v) is 0. The van der Waals surface area contributed by atoms with Gasteiger partial charge in [0.25, 0.3) is 0 Å². The molecule has 0 unspecified atom stereocenters. The van der Waals surface area contributed by atoms with Gasteiger partial charge in [0.1, 0.15) is 0 Å². The van der Waals surface area contributed by atoms with Crippen molar-refractivity contribution in [1.82, 2.24) is 0 Å². The molecule has 0 atom stereocenters. The van der Waals surface area contributed by atoms with Crippen molar-refractivity contribution in [3.63, 3.8) is 0 Å². The summed E-state index contributed by atoms with van der Waals surface area (Å²) >= 11 is 0. The fraction of sp³-hybridized carbons (Fsp3) is 0. The molecule has 0 saturated carbocycles. The number of hydrogen-bond donors (Lipinski definition) is 0. The zero-order valence-electron chi connectivity index (χ0n) is 11.8. The molecule has 21 nitrogen and oxygen atoms in total. The molecule has 0 saturated heterocycles. The van der Waals surface area contributed by atoms with E-state index < -0.39 is 31.2 Å². The Morgan fingerprint density at radius 2 is 0.308 bits per heavy atom. The van der Waals surface area contributed by atoms with E-state index in [1.807, 2.05) is 0 Å². The summed E-state index contributed by atoms with van der Waals surface area (Å²) < 4.78 is 102. The van der Waals surface area contributed by atoms with Crippen molar-refractivity contribution in [1.29, 1.82) is 0 Å². The van der Waals surface area contributed by atoms with Gasteiger partial charge in [0.2, 0.25) is 0 Å². The van der Waals surface area contributed by atoms with Gasteiger partial charge in [0.15, 0.2) is 0 Å². The first kappa shape index (κ1) is 108. The summed E-state index contributed by atoms with van der Waals surface area (Å²) in [7, 11) is -15.5. The molecule has 0 rings (SSSR count). The maximum absolute atomic E-state index is 8.52. The third-order valence-electron chi connectivity index (χ3n) is 0. The average molecular weight is 680 g/mol. The standard InChI is InChI=1S/2In.3H2O4S.9H2O/c;;3*1-5(2,3)4;;;;;;;;;/h;;3*(H2,1,2,3,4);9*1H2/q2*+3;;;;;;;;;;;;/p-6. The van der Waals surface area contributed by atoms with Crippen LogP contribution in [0.5, 0.6) is 0 Å². The van der Waals surface area contributed by atoms with Crippen molar-refractivity contribution < 1.29 is 102 Å². The van der Waals surface area contributed by atoms with Gasteiger partial charge in [0.05, 0.1) is 0 Å². The van der Waals surface area contributed by atoms with E-state index in [9.17, 15) is 0 Å². The molecule has 0 fully saturated rings. The van der Waals surface area contributed by atoms with Crippen LogP contribution in [0.25, 0.3) is 0 Å². The average Bonchev–Trinajstić information content (AvgIpc) is 1.41. The van der Waals surface area contributed by atoms with Crippen LogP contribution >= 0.6 is 0 Å². The summed E-state index contributed by atoms with van der Waals surface area (Å²) in [6, 6.07) is 0. The Labute approximate surface area is 183 Å². The second kappa shape index (κ2) is 45.0. The van der Waals surface area contributed by atoms with Crippen LogP contribution in [0.15, 0.2) is 0 Å². The molecule has 0 aromatic carbocycles. The quantitative estimate of drug-likeness (QED) is 0.170. The van der Waals surface area contributed by atoms with E-state index in [1.165, 1.54) is 0 Å². The molecule has 0 aliphatic carbocycles. The largest absolute Gasteiger partial charge is 3.00 e. The Hall–Kier alpha value is 0.990. The Morgan fingerprint density at radius 1 is 0.308 bits per heavy atom. The van der Waals surface area contributed by atoms with E-state index in [2.05, 4.69) is 0 Å². The smallest absolute Gasteiger partial charge is 0.759 e. The number of rotatable bonds is 0. The first-order valence-corrected chi connectivity index (χ1v) is 6.00. The van der Waals surface area contributed by atoms with Crippen LogP contribution in [-0.2, 0) is 31.2 Å². The Bertz CT molecular complexity index is 344. The van der Waals surface area contributed by atoms with Gasteiger partial charge in [0, 0.05) is 31.2 Å². The Balaban J connectivity index is -0.00000000571. The van der Waals surface area contributed by atoms with E-state index in [1.54, 1.807) is 0 Å². The van der Waals surface area contributed by atoms with Crippen LogP contribution in [0.4, 0.5) is 0 Å². The van der Waals surface area contributed by atoms with Crippen LogP contribution in [-0.4, -0.2) is 154 Å². The maximum atomic E-state index is 8.52. The Morgan fingerprint density at radius 3 is 0.308 bits per heavy atom. The van der Waals surface area contributed by atoms with Crippen LogP contribution < -0.4 is 0 Å². The summed E-state index contributed by atoms with van der Waals surface area (Å²) in [5.74, 6) is 0. The molecule has 0 aliphatic rings. The summed E-state index contributed by atoms with van der Waals surface area (Å²) in [5, 5.41) is 0. The van der Waals surface area contributed by atoms with Gasteiger partial charge in [-0.05, 0) is 0 Å². The summed E-state index contributed by atoms with van der Waals surface area (Å²) in [6.07, 6.45) is 0. The molecule has 18 N–H and O–H groups in total. The van der Waals surface area contributed by atoms with E-state index in [4.69, 9.17) is 52.6 Å². The van der Waals surface area contributed by atoms with Crippen molar-refractivity contribution in [3.05, 3.63) is 0 Å². The normalized spacial score (nSPS) is 6.69. The minimum absolute atomic E-state index is 0. The molecule has 26 heteroatoms. The molecule has 26 heavy (non-hydrogen) atoms. The monoisotopic (exact) mass is 680 g/mol. The summed E-state index contributed by atoms with van der Waals surface area (Å²) in [4.78, 5) is 0. The van der Waals surface area contributed by atoms with Gasteiger partial charge in [-0.1, -0.05) is 0 Å². The molecule has 0 amide bonds. The Kier molecular flexibility index (Phi) is 187. The molecule has 0 spiro atoms. The third kappa shape index (κ3) is 14700. The van der Waals surface area contributed by atoms with Gasteiger partial charge >= 0.3 is 51.7 Å².